The molecule has 29 heavy (non-hydrogen) atoms. The van der Waals surface area contributed by atoms with Crippen LogP contribution in [0.15, 0.2) is 41.8 Å². The average molecular weight is 440 g/mol. The first-order chi connectivity index (χ1) is 13.7. The van der Waals surface area contributed by atoms with E-state index in [1.54, 1.807) is 17.5 Å². The third-order valence-corrected chi connectivity index (χ3v) is 4.91. The van der Waals surface area contributed by atoms with Crippen LogP contribution in [0.4, 0.5) is 18.9 Å². The molecule has 0 bridgehead atoms. The number of halogens is 4. The maximum absolute atomic E-state index is 13.5. The number of aromatic hydroxyl groups is 1. The summed E-state index contributed by atoms with van der Waals surface area (Å²) in [5.41, 5.74) is -1.10. The van der Waals surface area contributed by atoms with E-state index in [0.29, 0.717) is 9.39 Å². The van der Waals surface area contributed by atoms with Crippen LogP contribution in [-0.2, 0) is 6.18 Å². The van der Waals surface area contributed by atoms with E-state index < -0.39 is 23.6 Å². The molecule has 0 aliphatic heterocycles. The molecule has 3 heterocycles. The minimum Gasteiger partial charge on any atom is -0.506 e. The highest BCUT2D eigenvalue weighted by Crippen LogP contribution is 2.33. The Morgan fingerprint density at radius 3 is 2.69 bits per heavy atom. The number of hydrogen-bond donors (Lipinski definition) is 2. The van der Waals surface area contributed by atoms with E-state index in [4.69, 9.17) is 11.6 Å². The van der Waals surface area contributed by atoms with Crippen LogP contribution in [-0.4, -0.2) is 30.6 Å². The van der Waals surface area contributed by atoms with E-state index in [1.165, 1.54) is 29.5 Å². The summed E-state index contributed by atoms with van der Waals surface area (Å²) < 4.78 is 41.1. The minimum atomic E-state index is -4.75. The summed E-state index contributed by atoms with van der Waals surface area (Å²) in [4.78, 5) is 20.8. The molecule has 4 aromatic rings. The number of phenolic OH excluding ortho intramolecular Hbond substituents is 1. The van der Waals surface area contributed by atoms with Gasteiger partial charge in [0.25, 0.3) is 11.7 Å². The average Bonchev–Trinajstić information content (AvgIpc) is 3.32. The molecule has 0 fully saturated rings. The Morgan fingerprint density at radius 2 is 2.00 bits per heavy atom. The predicted molar refractivity (Wildman–Crippen MR) is 100 cm³/mol. The number of amides is 1. The topological polar surface area (TPSA) is 92.4 Å². The van der Waals surface area contributed by atoms with Gasteiger partial charge in [0, 0.05) is 5.02 Å². The number of anilines is 1. The number of hydrogen-bond acceptors (Lipinski definition) is 6. The summed E-state index contributed by atoms with van der Waals surface area (Å²) in [7, 11) is 0. The first-order valence-electron chi connectivity index (χ1n) is 7.91. The molecular weight excluding hydrogens is 431 g/mol. The van der Waals surface area contributed by atoms with Crippen molar-refractivity contribution in [3.05, 3.63) is 58.3 Å². The number of benzene rings is 1. The molecule has 0 saturated heterocycles. The molecule has 12 heteroatoms. The van der Waals surface area contributed by atoms with Crippen molar-refractivity contribution < 1.29 is 23.1 Å². The third kappa shape index (κ3) is 3.74. The van der Waals surface area contributed by atoms with Crippen LogP contribution in [0.25, 0.3) is 16.3 Å². The summed E-state index contributed by atoms with van der Waals surface area (Å²) >= 11 is 7.03. The van der Waals surface area contributed by atoms with Crippen molar-refractivity contribution in [1.82, 2.24) is 19.6 Å². The largest absolute Gasteiger partial charge is 0.506 e. The zero-order valence-electron chi connectivity index (χ0n) is 14.1. The fourth-order valence-electron chi connectivity index (χ4n) is 2.50. The number of rotatable bonds is 3. The van der Waals surface area contributed by atoms with Crippen LogP contribution in [0.3, 0.4) is 0 Å². The van der Waals surface area contributed by atoms with Gasteiger partial charge in [-0.05, 0) is 35.7 Å². The van der Waals surface area contributed by atoms with Crippen molar-refractivity contribution in [2.24, 2.45) is 0 Å². The highest BCUT2D eigenvalue weighted by molar-refractivity contribution is 7.13. The molecule has 0 aliphatic carbocycles. The molecular formula is C17H9ClF3N5O2S. The van der Waals surface area contributed by atoms with E-state index >= 15 is 0 Å². The minimum absolute atomic E-state index is 0.0374. The quantitative estimate of drug-likeness (QED) is 0.459. The smallest absolute Gasteiger partial charge is 0.433 e. The lowest BCUT2D eigenvalue weighted by atomic mass is 10.3. The van der Waals surface area contributed by atoms with Gasteiger partial charge in [0.15, 0.2) is 5.69 Å². The molecule has 0 aliphatic rings. The van der Waals surface area contributed by atoms with Crippen LogP contribution in [0.1, 0.15) is 16.3 Å². The van der Waals surface area contributed by atoms with E-state index in [2.05, 4.69) is 20.4 Å². The number of nitrogens with zero attached hydrogens (tertiary/aromatic N) is 4. The standard InChI is InChI=1S/C17H9ClF3N5O2S/c18-8-3-4-11(27)9(6-8)22-15(28)14-24-16-23-10(12-2-1-5-29-12)7-13(17(19,20)21)26(16)25-14/h1-7,27H,(H,22,28). The third-order valence-electron chi connectivity index (χ3n) is 3.79. The van der Waals surface area contributed by atoms with Crippen molar-refractivity contribution in [3.8, 4) is 16.3 Å². The fourth-order valence-corrected chi connectivity index (χ4v) is 3.36. The molecule has 1 amide bonds. The monoisotopic (exact) mass is 439 g/mol. The van der Waals surface area contributed by atoms with E-state index in [-0.39, 0.29) is 27.9 Å². The Morgan fingerprint density at radius 1 is 1.21 bits per heavy atom. The molecule has 1 aromatic carbocycles. The Labute approximate surface area is 169 Å². The number of aromatic nitrogens is 4. The number of alkyl halides is 3. The van der Waals surface area contributed by atoms with Gasteiger partial charge >= 0.3 is 6.18 Å². The predicted octanol–water partition coefficient (Wildman–Crippen LogP) is 4.48. The number of nitrogens with one attached hydrogen (secondary N) is 1. The van der Waals surface area contributed by atoms with Crippen molar-refractivity contribution in [2.45, 2.75) is 6.18 Å². The number of phenols is 1. The molecule has 0 atom stereocenters. The molecule has 0 saturated carbocycles. The number of thiophene rings is 1. The number of carbonyl (C=O) groups excluding carboxylic acids is 1. The van der Waals surface area contributed by atoms with Gasteiger partial charge in [-0.3, -0.25) is 4.79 Å². The highest BCUT2D eigenvalue weighted by Gasteiger charge is 2.36. The van der Waals surface area contributed by atoms with Crippen LogP contribution >= 0.6 is 22.9 Å². The van der Waals surface area contributed by atoms with E-state index in [0.717, 1.165) is 6.07 Å². The maximum Gasteiger partial charge on any atom is 0.433 e. The van der Waals surface area contributed by atoms with Crippen LogP contribution in [0, 0.1) is 0 Å². The summed E-state index contributed by atoms with van der Waals surface area (Å²) in [6.45, 7) is 0. The molecule has 4 rings (SSSR count). The lowest BCUT2D eigenvalue weighted by Gasteiger charge is -2.09. The van der Waals surface area contributed by atoms with Crippen LogP contribution in [0.5, 0.6) is 5.75 Å². The second-order valence-electron chi connectivity index (χ2n) is 5.76. The zero-order chi connectivity index (χ0) is 20.8. The normalized spacial score (nSPS) is 11.7. The van der Waals surface area contributed by atoms with E-state index in [9.17, 15) is 23.1 Å². The fraction of sp³-hybridized carbons (Fsp3) is 0.0588. The molecule has 7 nitrogen and oxygen atoms in total. The van der Waals surface area contributed by atoms with Crippen molar-refractivity contribution in [2.75, 3.05) is 5.32 Å². The first-order valence-corrected chi connectivity index (χ1v) is 9.17. The zero-order valence-corrected chi connectivity index (χ0v) is 15.7. The van der Waals surface area contributed by atoms with Crippen molar-refractivity contribution in [3.63, 3.8) is 0 Å². The second-order valence-corrected chi connectivity index (χ2v) is 7.15. The summed E-state index contributed by atoms with van der Waals surface area (Å²) in [6.07, 6.45) is -4.75. The van der Waals surface area contributed by atoms with Gasteiger partial charge in [-0.1, -0.05) is 17.7 Å². The second kappa shape index (κ2) is 7.01. The number of fused-ring (bicyclic) bond motifs is 1. The first kappa shape index (κ1) is 19.2. The SMILES string of the molecule is O=C(Nc1cc(Cl)ccc1O)c1nc2nc(-c3cccs3)cc(C(F)(F)F)n2n1. The van der Waals surface area contributed by atoms with Gasteiger partial charge < -0.3 is 10.4 Å². The van der Waals surface area contributed by atoms with Crippen molar-refractivity contribution in [1.29, 1.82) is 0 Å². The van der Waals surface area contributed by atoms with Gasteiger partial charge in [-0.15, -0.1) is 16.4 Å². The van der Waals surface area contributed by atoms with E-state index in [1.807, 2.05) is 0 Å². The Hall–Kier alpha value is -3.18. The summed E-state index contributed by atoms with van der Waals surface area (Å²) in [5.74, 6) is -2.14. The van der Waals surface area contributed by atoms with Gasteiger partial charge in [0.1, 0.15) is 5.75 Å². The molecule has 0 spiro atoms. The van der Waals surface area contributed by atoms with Gasteiger partial charge in [0.05, 0.1) is 16.3 Å². The highest BCUT2D eigenvalue weighted by atomic mass is 35.5. The van der Waals surface area contributed by atoms with Gasteiger partial charge in [-0.25, -0.2) is 4.98 Å². The summed E-state index contributed by atoms with van der Waals surface area (Å²) in [5, 5.41) is 17.7. The molecule has 2 N–H and O–H groups in total. The van der Waals surface area contributed by atoms with Gasteiger partial charge in [-0.2, -0.15) is 22.7 Å². The van der Waals surface area contributed by atoms with Crippen LogP contribution in [0.2, 0.25) is 5.02 Å². The Bertz CT molecular complexity index is 1220. The van der Waals surface area contributed by atoms with Crippen molar-refractivity contribution >= 4 is 40.3 Å². The lowest BCUT2D eigenvalue weighted by molar-refractivity contribution is -0.142. The number of carbonyl (C=O) groups is 1. The Balaban J connectivity index is 1.78. The molecule has 148 valence electrons. The Kier molecular flexibility index (Phi) is 4.63. The maximum atomic E-state index is 13.5. The molecule has 3 aromatic heterocycles. The summed E-state index contributed by atoms with van der Waals surface area (Å²) in [6, 6.07) is 8.08. The molecule has 0 radical (unpaired) electrons. The van der Waals surface area contributed by atoms with Gasteiger partial charge in [0.2, 0.25) is 5.82 Å². The lowest BCUT2D eigenvalue weighted by Crippen LogP contribution is -2.16. The van der Waals surface area contributed by atoms with Crippen LogP contribution < -0.4 is 5.32 Å². The molecule has 0 unspecified atom stereocenters.